The van der Waals surface area contributed by atoms with Crippen LogP contribution < -0.4 is 0 Å². The molecule has 0 radical (unpaired) electrons. The zero-order valence-electron chi connectivity index (χ0n) is 9.90. The Morgan fingerprint density at radius 3 is 2.75 bits per heavy atom. The molecule has 0 aliphatic carbocycles. The summed E-state index contributed by atoms with van der Waals surface area (Å²) in [5, 5.41) is 8.84. The predicted molar refractivity (Wildman–Crippen MR) is 61.7 cm³/mol. The highest BCUT2D eigenvalue weighted by Gasteiger charge is 2.17. The van der Waals surface area contributed by atoms with Crippen molar-refractivity contribution in [1.82, 2.24) is 9.80 Å². The molecule has 1 saturated heterocycles. The molecule has 1 rings (SSSR count). The molecule has 0 N–H and O–H groups in total. The molecule has 1 heterocycles. The molecule has 5 heteroatoms. The third kappa shape index (κ3) is 3.09. The van der Waals surface area contributed by atoms with E-state index in [2.05, 4.69) is 4.99 Å². The van der Waals surface area contributed by atoms with Gasteiger partial charge >= 0.3 is 0 Å². The lowest BCUT2D eigenvalue weighted by atomic mass is 10.3. The quantitative estimate of drug-likeness (QED) is 0.505. The maximum atomic E-state index is 11.7. The number of hydrogen-bond acceptors (Lipinski definition) is 3. The molecule has 0 unspecified atom stereocenters. The van der Waals surface area contributed by atoms with Crippen LogP contribution in [0.4, 0.5) is 0 Å². The van der Waals surface area contributed by atoms with Crippen LogP contribution in [-0.4, -0.2) is 49.2 Å². The van der Waals surface area contributed by atoms with E-state index < -0.39 is 5.91 Å². The third-order valence-electron chi connectivity index (χ3n) is 2.30. The van der Waals surface area contributed by atoms with E-state index in [-0.39, 0.29) is 5.57 Å². The van der Waals surface area contributed by atoms with Gasteiger partial charge in [-0.05, 0) is 6.42 Å². The normalized spacial score (nSPS) is 18.8. The molecule has 86 valence electrons. The van der Waals surface area contributed by atoms with Gasteiger partial charge in [0.05, 0.1) is 0 Å². The first-order valence-corrected chi connectivity index (χ1v) is 5.16. The summed E-state index contributed by atoms with van der Waals surface area (Å²) in [4.78, 5) is 19.3. The number of likely N-dealkylation sites (tertiary alicyclic amines) is 1. The average molecular weight is 220 g/mol. The van der Waals surface area contributed by atoms with Gasteiger partial charge in [0, 0.05) is 40.3 Å². The molecule has 0 aromatic rings. The summed E-state index contributed by atoms with van der Waals surface area (Å²) >= 11 is 0. The molecule has 0 saturated carbocycles. The second kappa shape index (κ2) is 5.31. The molecular weight excluding hydrogens is 204 g/mol. The summed E-state index contributed by atoms with van der Waals surface area (Å²) < 4.78 is 0. The smallest absolute Gasteiger partial charge is 0.290 e. The van der Waals surface area contributed by atoms with Crippen molar-refractivity contribution in [2.75, 3.05) is 27.7 Å². The topological polar surface area (TPSA) is 59.7 Å². The number of aliphatic imine (C=N–C) groups is 1. The van der Waals surface area contributed by atoms with Crippen LogP contribution in [0.3, 0.4) is 0 Å². The van der Waals surface area contributed by atoms with Crippen molar-refractivity contribution >= 4 is 11.7 Å². The number of amidine groups is 1. The van der Waals surface area contributed by atoms with Gasteiger partial charge in [-0.1, -0.05) is 0 Å². The van der Waals surface area contributed by atoms with E-state index in [1.54, 1.807) is 19.0 Å². The molecule has 1 amide bonds. The fourth-order valence-electron chi connectivity index (χ4n) is 1.50. The van der Waals surface area contributed by atoms with Crippen LogP contribution in [0.25, 0.3) is 0 Å². The molecule has 1 fully saturated rings. The van der Waals surface area contributed by atoms with Crippen LogP contribution in [0, 0.1) is 11.3 Å². The molecule has 0 aromatic carbocycles. The SMILES string of the molecule is CN(C)/C=C(\C#N)C(=O)N=C1CCCN1C. The van der Waals surface area contributed by atoms with Crippen LogP contribution in [0.5, 0.6) is 0 Å². The minimum absolute atomic E-state index is 0.0674. The molecular formula is C11H16N4O. The Morgan fingerprint density at radius 2 is 2.31 bits per heavy atom. The highest BCUT2D eigenvalue weighted by Crippen LogP contribution is 2.10. The predicted octanol–water partition coefficient (Wildman–Crippen LogP) is 0.606. The lowest BCUT2D eigenvalue weighted by Crippen LogP contribution is -2.20. The monoisotopic (exact) mass is 220 g/mol. The van der Waals surface area contributed by atoms with E-state index >= 15 is 0 Å². The summed E-state index contributed by atoms with van der Waals surface area (Å²) in [6, 6.07) is 1.87. The van der Waals surface area contributed by atoms with Gasteiger partial charge in [0.2, 0.25) is 0 Å². The molecule has 0 spiro atoms. The molecule has 1 aliphatic rings. The van der Waals surface area contributed by atoms with Crippen LogP contribution >= 0.6 is 0 Å². The molecule has 0 bridgehead atoms. The molecule has 5 nitrogen and oxygen atoms in total. The van der Waals surface area contributed by atoms with Crippen molar-refractivity contribution in [1.29, 1.82) is 5.26 Å². The van der Waals surface area contributed by atoms with E-state index in [0.717, 1.165) is 25.2 Å². The number of rotatable bonds is 2. The number of nitriles is 1. The second-order valence-corrected chi connectivity index (χ2v) is 3.98. The Bertz CT molecular complexity index is 376. The fourth-order valence-corrected chi connectivity index (χ4v) is 1.50. The van der Waals surface area contributed by atoms with Crippen molar-refractivity contribution in [3.8, 4) is 6.07 Å². The zero-order chi connectivity index (χ0) is 12.1. The number of hydrogen-bond donors (Lipinski definition) is 0. The van der Waals surface area contributed by atoms with Crippen molar-refractivity contribution in [2.24, 2.45) is 4.99 Å². The number of amides is 1. The van der Waals surface area contributed by atoms with Gasteiger partial charge in [-0.2, -0.15) is 10.3 Å². The molecule has 16 heavy (non-hydrogen) atoms. The van der Waals surface area contributed by atoms with Crippen LogP contribution in [-0.2, 0) is 4.79 Å². The molecule has 0 atom stereocenters. The Hall–Kier alpha value is -1.83. The van der Waals surface area contributed by atoms with Gasteiger partial charge in [-0.15, -0.1) is 0 Å². The summed E-state index contributed by atoms with van der Waals surface area (Å²) in [5.41, 5.74) is 0.0674. The van der Waals surface area contributed by atoms with E-state index in [1.807, 2.05) is 18.0 Å². The minimum atomic E-state index is -0.458. The Morgan fingerprint density at radius 1 is 1.62 bits per heavy atom. The Balaban J connectivity index is 2.82. The van der Waals surface area contributed by atoms with Gasteiger partial charge in [0.25, 0.3) is 5.91 Å². The first-order chi connectivity index (χ1) is 7.54. The first kappa shape index (κ1) is 12.2. The number of carbonyl (C=O) groups excluding carboxylic acids is 1. The van der Waals surface area contributed by atoms with Gasteiger partial charge in [-0.3, -0.25) is 4.79 Å². The van der Waals surface area contributed by atoms with Gasteiger partial charge in [0.1, 0.15) is 17.5 Å². The lowest BCUT2D eigenvalue weighted by molar-refractivity contribution is -0.114. The average Bonchev–Trinajstić information content (AvgIpc) is 2.60. The van der Waals surface area contributed by atoms with Crippen LogP contribution in [0.2, 0.25) is 0 Å². The largest absolute Gasteiger partial charge is 0.382 e. The fraction of sp³-hybridized carbons (Fsp3) is 0.545. The Labute approximate surface area is 95.7 Å². The lowest BCUT2D eigenvalue weighted by Gasteiger charge is -2.10. The van der Waals surface area contributed by atoms with E-state index in [9.17, 15) is 4.79 Å². The van der Waals surface area contributed by atoms with Crippen LogP contribution in [0.1, 0.15) is 12.8 Å². The summed E-state index contributed by atoms with van der Waals surface area (Å²) in [5.74, 6) is 0.310. The molecule has 0 aromatic heterocycles. The highest BCUT2D eigenvalue weighted by atomic mass is 16.1. The zero-order valence-corrected chi connectivity index (χ0v) is 9.90. The van der Waals surface area contributed by atoms with Crippen molar-refractivity contribution < 1.29 is 4.79 Å². The maximum absolute atomic E-state index is 11.7. The van der Waals surface area contributed by atoms with Gasteiger partial charge in [-0.25, -0.2) is 0 Å². The summed E-state index contributed by atoms with van der Waals surface area (Å²) in [6.45, 7) is 0.922. The van der Waals surface area contributed by atoms with Crippen molar-refractivity contribution in [2.45, 2.75) is 12.8 Å². The number of nitrogens with zero attached hydrogens (tertiary/aromatic N) is 4. The number of carbonyl (C=O) groups is 1. The first-order valence-electron chi connectivity index (χ1n) is 5.16. The van der Waals surface area contributed by atoms with Gasteiger partial charge in [0.15, 0.2) is 0 Å². The van der Waals surface area contributed by atoms with Crippen molar-refractivity contribution in [3.63, 3.8) is 0 Å². The van der Waals surface area contributed by atoms with E-state index in [1.165, 1.54) is 6.20 Å². The van der Waals surface area contributed by atoms with E-state index in [4.69, 9.17) is 5.26 Å². The molecule has 1 aliphatic heterocycles. The highest BCUT2D eigenvalue weighted by molar-refractivity contribution is 6.05. The van der Waals surface area contributed by atoms with Crippen LogP contribution in [0.15, 0.2) is 16.8 Å². The van der Waals surface area contributed by atoms with Crippen molar-refractivity contribution in [3.05, 3.63) is 11.8 Å². The standard InChI is InChI=1S/C11H16N4O/c1-14(2)8-9(7-12)11(16)13-10-5-4-6-15(10)3/h8H,4-6H2,1-3H3/b9-8+,13-10?. The Kier molecular flexibility index (Phi) is 4.06. The van der Waals surface area contributed by atoms with E-state index in [0.29, 0.717) is 0 Å². The third-order valence-corrected chi connectivity index (χ3v) is 2.30. The summed E-state index contributed by atoms with van der Waals surface area (Å²) in [7, 11) is 5.43. The van der Waals surface area contributed by atoms with Gasteiger partial charge < -0.3 is 9.80 Å². The second-order valence-electron chi connectivity index (χ2n) is 3.98. The maximum Gasteiger partial charge on any atom is 0.290 e. The summed E-state index contributed by atoms with van der Waals surface area (Å²) in [6.07, 6.45) is 3.31. The minimum Gasteiger partial charge on any atom is -0.382 e.